The highest BCUT2D eigenvalue weighted by molar-refractivity contribution is 5.20. The third kappa shape index (κ3) is 3.49. The fourth-order valence-corrected chi connectivity index (χ4v) is 4.38. The largest absolute Gasteiger partial charge is 0.379 e. The van der Waals surface area contributed by atoms with Crippen LogP contribution in [0.5, 0.6) is 0 Å². The average molecular weight is 306 g/mol. The molecule has 1 saturated carbocycles. The second-order valence-corrected chi connectivity index (χ2v) is 6.95. The normalized spacial score (nSPS) is 37.2. The number of ether oxygens (including phenoxy) is 1. The minimum absolute atomic E-state index is 0.340. The van der Waals surface area contributed by atoms with Crippen LogP contribution in [-0.2, 0) is 4.74 Å². The smallest absolute Gasteiger partial charge is 0.131 e. The summed E-state index contributed by atoms with van der Waals surface area (Å²) in [4.78, 5) is 4.88. The zero-order valence-electron chi connectivity index (χ0n) is 13.9. The van der Waals surface area contributed by atoms with Crippen molar-refractivity contribution in [2.24, 2.45) is 5.92 Å². The number of rotatable bonds is 2. The lowest BCUT2D eigenvalue weighted by Gasteiger charge is -2.50. The van der Waals surface area contributed by atoms with E-state index in [-0.39, 0.29) is 0 Å². The molecule has 2 heterocycles. The number of nitrogens with zero attached hydrogens (tertiary/aromatic N) is 2. The zero-order valence-corrected chi connectivity index (χ0v) is 13.9. The number of piperidine rings is 1. The van der Waals surface area contributed by atoms with E-state index in [4.69, 9.17) is 4.74 Å². The maximum Gasteiger partial charge on any atom is 0.131 e. The molecule has 3 rings (SSSR count). The number of likely N-dealkylation sites (tertiary alicyclic amines) is 1. The van der Waals surface area contributed by atoms with Crippen molar-refractivity contribution in [3.8, 4) is 11.8 Å². The molecule has 22 heavy (non-hydrogen) atoms. The number of hydrogen-bond acceptors (Lipinski definition) is 4. The fraction of sp³-hybridized carbons (Fsp3) is 0.889. The molecule has 124 valence electrons. The van der Waals surface area contributed by atoms with Crippen LogP contribution >= 0.6 is 0 Å². The summed E-state index contributed by atoms with van der Waals surface area (Å²) in [6.07, 6.45) is 5.70. The van der Waals surface area contributed by atoms with E-state index < -0.39 is 5.60 Å². The van der Waals surface area contributed by atoms with Gasteiger partial charge in [-0.1, -0.05) is 31.6 Å². The molecule has 0 aromatic heterocycles. The Morgan fingerprint density at radius 3 is 2.73 bits per heavy atom. The van der Waals surface area contributed by atoms with E-state index in [1.807, 2.05) is 0 Å². The number of aliphatic hydroxyl groups is 1. The van der Waals surface area contributed by atoms with Gasteiger partial charge in [0.05, 0.1) is 19.8 Å². The average Bonchev–Trinajstić information content (AvgIpc) is 2.57. The van der Waals surface area contributed by atoms with Crippen molar-refractivity contribution in [1.82, 2.24) is 9.80 Å². The van der Waals surface area contributed by atoms with Crippen LogP contribution < -0.4 is 0 Å². The first-order chi connectivity index (χ1) is 10.7. The number of morpholine rings is 1. The molecule has 0 spiro atoms. The van der Waals surface area contributed by atoms with E-state index in [0.717, 1.165) is 58.8 Å². The van der Waals surface area contributed by atoms with Gasteiger partial charge in [0.15, 0.2) is 0 Å². The Balaban J connectivity index is 1.65. The second kappa shape index (κ2) is 7.31. The number of hydrogen-bond donors (Lipinski definition) is 1. The Bertz CT molecular complexity index is 425. The molecule has 0 radical (unpaired) electrons. The molecule has 3 aliphatic rings. The third-order valence-corrected chi connectivity index (χ3v) is 5.71. The van der Waals surface area contributed by atoms with Crippen molar-refractivity contribution >= 4 is 0 Å². The Kier molecular flexibility index (Phi) is 5.41. The maximum atomic E-state index is 11.2. The van der Waals surface area contributed by atoms with Gasteiger partial charge in [-0.3, -0.25) is 4.90 Å². The van der Waals surface area contributed by atoms with Crippen LogP contribution in [-0.4, -0.2) is 72.5 Å². The molecule has 0 bridgehead atoms. The first-order valence-electron chi connectivity index (χ1n) is 8.99. The molecule has 2 saturated heterocycles. The second-order valence-electron chi connectivity index (χ2n) is 6.95. The molecule has 4 heteroatoms. The van der Waals surface area contributed by atoms with Crippen LogP contribution in [0.4, 0.5) is 0 Å². The lowest BCUT2D eigenvalue weighted by molar-refractivity contribution is -0.0766. The molecule has 0 aromatic rings. The molecule has 1 N–H and O–H groups in total. The third-order valence-electron chi connectivity index (χ3n) is 5.71. The van der Waals surface area contributed by atoms with E-state index in [0.29, 0.717) is 12.0 Å². The molecule has 0 amide bonds. The lowest BCUT2D eigenvalue weighted by atomic mass is 9.69. The molecule has 3 fully saturated rings. The van der Waals surface area contributed by atoms with Crippen molar-refractivity contribution in [1.29, 1.82) is 0 Å². The quantitative estimate of drug-likeness (QED) is 0.781. The summed E-state index contributed by atoms with van der Waals surface area (Å²) in [7, 11) is 0. The molecular formula is C18H30N2O2. The molecule has 0 aromatic carbocycles. The topological polar surface area (TPSA) is 35.9 Å². The summed E-state index contributed by atoms with van der Waals surface area (Å²) >= 11 is 0. The Hall–Kier alpha value is -0.600. The van der Waals surface area contributed by atoms with Crippen LogP contribution in [0, 0.1) is 17.8 Å². The summed E-state index contributed by atoms with van der Waals surface area (Å²) < 4.78 is 5.37. The van der Waals surface area contributed by atoms with E-state index in [9.17, 15) is 5.11 Å². The van der Waals surface area contributed by atoms with Gasteiger partial charge in [0, 0.05) is 38.0 Å². The van der Waals surface area contributed by atoms with Gasteiger partial charge in [-0.25, -0.2) is 0 Å². The summed E-state index contributed by atoms with van der Waals surface area (Å²) in [6.45, 7) is 8.62. The Morgan fingerprint density at radius 2 is 1.95 bits per heavy atom. The predicted octanol–water partition coefficient (Wildman–Crippen LogP) is 1.34. The van der Waals surface area contributed by atoms with Crippen molar-refractivity contribution in [2.45, 2.75) is 50.7 Å². The monoisotopic (exact) mass is 306 g/mol. The standard InChI is InChI=1S/C18H30N2O2/c1-2-20-11-9-18(21,16-6-3-4-7-17(16)20)8-5-10-19-12-14-22-15-13-19/h16-17,21H,2-4,6-7,9-15H2,1H3/t16-,17-,18+/m0/s1. The summed E-state index contributed by atoms with van der Waals surface area (Å²) in [5.74, 6) is 6.91. The van der Waals surface area contributed by atoms with Crippen molar-refractivity contribution in [2.75, 3.05) is 45.9 Å². The highest BCUT2D eigenvalue weighted by Gasteiger charge is 2.46. The van der Waals surface area contributed by atoms with Gasteiger partial charge in [-0.15, -0.1) is 0 Å². The fourth-order valence-electron chi connectivity index (χ4n) is 4.38. The van der Waals surface area contributed by atoms with Crippen molar-refractivity contribution in [3.05, 3.63) is 0 Å². The zero-order chi connectivity index (χ0) is 15.4. The molecular weight excluding hydrogens is 276 g/mol. The first kappa shape index (κ1) is 16.3. The van der Waals surface area contributed by atoms with Gasteiger partial charge in [-0.2, -0.15) is 0 Å². The highest BCUT2D eigenvalue weighted by Crippen LogP contribution is 2.41. The molecule has 1 aliphatic carbocycles. The van der Waals surface area contributed by atoms with Gasteiger partial charge in [0.2, 0.25) is 0 Å². The van der Waals surface area contributed by atoms with Gasteiger partial charge in [0.1, 0.15) is 5.60 Å². The maximum absolute atomic E-state index is 11.2. The molecule has 2 aliphatic heterocycles. The Labute approximate surface area is 134 Å². The predicted molar refractivity (Wildman–Crippen MR) is 87.6 cm³/mol. The van der Waals surface area contributed by atoms with Gasteiger partial charge in [-0.05, 0) is 19.4 Å². The molecule has 3 atom stereocenters. The molecule has 0 unspecified atom stereocenters. The minimum Gasteiger partial charge on any atom is -0.379 e. The van der Waals surface area contributed by atoms with Crippen LogP contribution in [0.15, 0.2) is 0 Å². The molecule has 4 nitrogen and oxygen atoms in total. The van der Waals surface area contributed by atoms with Crippen LogP contribution in [0.25, 0.3) is 0 Å². The van der Waals surface area contributed by atoms with Gasteiger partial charge < -0.3 is 14.7 Å². The van der Waals surface area contributed by atoms with E-state index >= 15 is 0 Å². The SMILES string of the molecule is CCN1CC[C@](O)(C#CCN2CCOCC2)[C@H]2CCCC[C@@H]21. The Morgan fingerprint density at radius 1 is 1.18 bits per heavy atom. The van der Waals surface area contributed by atoms with Crippen LogP contribution in [0.1, 0.15) is 39.0 Å². The highest BCUT2D eigenvalue weighted by atomic mass is 16.5. The van der Waals surface area contributed by atoms with Gasteiger partial charge >= 0.3 is 0 Å². The van der Waals surface area contributed by atoms with Crippen molar-refractivity contribution < 1.29 is 9.84 Å². The van der Waals surface area contributed by atoms with Crippen LogP contribution in [0.2, 0.25) is 0 Å². The minimum atomic E-state index is -0.761. The summed E-state index contributed by atoms with van der Waals surface area (Å²) in [5, 5.41) is 11.2. The van der Waals surface area contributed by atoms with Crippen molar-refractivity contribution in [3.63, 3.8) is 0 Å². The summed E-state index contributed by atoms with van der Waals surface area (Å²) in [6, 6.07) is 0.537. The first-order valence-corrected chi connectivity index (χ1v) is 8.99. The van der Waals surface area contributed by atoms with E-state index in [2.05, 4.69) is 28.6 Å². The van der Waals surface area contributed by atoms with Gasteiger partial charge in [0.25, 0.3) is 0 Å². The summed E-state index contributed by atoms with van der Waals surface area (Å²) in [5.41, 5.74) is -0.761. The number of fused-ring (bicyclic) bond motifs is 1. The van der Waals surface area contributed by atoms with E-state index in [1.54, 1.807) is 0 Å². The lowest BCUT2D eigenvalue weighted by Crippen LogP contribution is -2.58. The van der Waals surface area contributed by atoms with Crippen LogP contribution in [0.3, 0.4) is 0 Å². The van der Waals surface area contributed by atoms with E-state index in [1.165, 1.54) is 19.3 Å².